The Bertz CT molecular complexity index is 629. The Morgan fingerprint density at radius 3 is 2.70 bits per heavy atom. The van der Waals surface area contributed by atoms with Crippen LogP contribution in [0.1, 0.15) is 31.2 Å². The van der Waals surface area contributed by atoms with Gasteiger partial charge in [-0.05, 0) is 43.7 Å². The molecule has 122 valence electrons. The van der Waals surface area contributed by atoms with Crippen LogP contribution in [0, 0.1) is 6.92 Å². The Labute approximate surface area is 136 Å². The van der Waals surface area contributed by atoms with Crippen LogP contribution in [0.5, 0.6) is 5.75 Å². The minimum atomic E-state index is -0.277. The summed E-state index contributed by atoms with van der Waals surface area (Å²) in [7, 11) is 0. The van der Waals surface area contributed by atoms with E-state index in [2.05, 4.69) is 27.5 Å². The minimum Gasteiger partial charge on any atom is -0.494 e. The lowest BCUT2D eigenvalue weighted by molar-refractivity contribution is 0.251. The number of nitrogens with zero attached hydrogens (tertiary/aromatic N) is 2. The maximum atomic E-state index is 11.9. The quantitative estimate of drug-likeness (QED) is 0.769. The standard InChI is InChI=1S/C17H22N4O2/c1-3-4-9-23-16-7-5-14(6-8-16)21-17(22)18-11-15-10-13(2)19-12-20-15/h5-8,10,12H,3-4,9,11H2,1-2H3,(H2,18,21,22). The van der Waals surface area contributed by atoms with E-state index >= 15 is 0 Å². The lowest BCUT2D eigenvalue weighted by Gasteiger charge is -2.09. The third kappa shape index (κ3) is 5.94. The van der Waals surface area contributed by atoms with Crippen molar-refractivity contribution in [2.45, 2.75) is 33.2 Å². The van der Waals surface area contributed by atoms with Gasteiger partial charge in [-0.3, -0.25) is 0 Å². The number of hydrogen-bond donors (Lipinski definition) is 2. The highest BCUT2D eigenvalue weighted by Crippen LogP contribution is 2.16. The zero-order valence-electron chi connectivity index (χ0n) is 13.5. The molecule has 1 aromatic carbocycles. The van der Waals surface area contributed by atoms with Gasteiger partial charge in [0.1, 0.15) is 12.1 Å². The van der Waals surface area contributed by atoms with Crippen molar-refractivity contribution < 1.29 is 9.53 Å². The number of carbonyl (C=O) groups is 1. The Balaban J connectivity index is 1.78. The number of unbranched alkanes of at least 4 members (excludes halogenated alkanes) is 1. The Kier molecular flexibility index (Phi) is 6.35. The van der Waals surface area contributed by atoms with Crippen LogP contribution in [0.4, 0.5) is 10.5 Å². The number of nitrogens with one attached hydrogen (secondary N) is 2. The maximum Gasteiger partial charge on any atom is 0.319 e. The molecule has 0 radical (unpaired) electrons. The third-order valence-electron chi connectivity index (χ3n) is 3.17. The molecule has 0 spiro atoms. The largest absolute Gasteiger partial charge is 0.494 e. The van der Waals surface area contributed by atoms with Crippen LogP contribution in [-0.2, 0) is 6.54 Å². The SMILES string of the molecule is CCCCOc1ccc(NC(=O)NCc2cc(C)ncn2)cc1. The summed E-state index contributed by atoms with van der Waals surface area (Å²) in [6, 6.07) is 8.88. The molecule has 2 N–H and O–H groups in total. The highest BCUT2D eigenvalue weighted by molar-refractivity contribution is 5.89. The normalized spacial score (nSPS) is 10.2. The predicted molar refractivity (Wildman–Crippen MR) is 89.5 cm³/mol. The molecule has 2 rings (SSSR count). The molecule has 0 bridgehead atoms. The average Bonchev–Trinajstić information content (AvgIpc) is 2.55. The minimum absolute atomic E-state index is 0.277. The molecule has 0 saturated heterocycles. The molecule has 1 aromatic heterocycles. The molecule has 0 fully saturated rings. The van der Waals surface area contributed by atoms with Crippen molar-refractivity contribution in [3.8, 4) is 5.75 Å². The predicted octanol–water partition coefficient (Wildman–Crippen LogP) is 3.29. The Morgan fingerprint density at radius 1 is 1.22 bits per heavy atom. The molecule has 2 amide bonds. The number of aryl methyl sites for hydroxylation is 1. The summed E-state index contributed by atoms with van der Waals surface area (Å²) >= 11 is 0. The summed E-state index contributed by atoms with van der Waals surface area (Å²) in [4.78, 5) is 20.0. The van der Waals surface area contributed by atoms with Gasteiger partial charge in [0.25, 0.3) is 0 Å². The fourth-order valence-electron chi connectivity index (χ4n) is 1.92. The van der Waals surface area contributed by atoms with E-state index in [1.807, 2.05) is 37.3 Å². The van der Waals surface area contributed by atoms with Crippen LogP contribution < -0.4 is 15.4 Å². The van der Waals surface area contributed by atoms with Gasteiger partial charge in [0.2, 0.25) is 0 Å². The molecule has 6 heteroatoms. The van der Waals surface area contributed by atoms with E-state index in [-0.39, 0.29) is 6.03 Å². The van der Waals surface area contributed by atoms with Gasteiger partial charge < -0.3 is 15.4 Å². The summed E-state index contributed by atoms with van der Waals surface area (Å²) in [6.07, 6.45) is 3.62. The highest BCUT2D eigenvalue weighted by Gasteiger charge is 2.03. The van der Waals surface area contributed by atoms with E-state index in [1.54, 1.807) is 0 Å². The first-order chi connectivity index (χ1) is 11.2. The van der Waals surface area contributed by atoms with E-state index in [0.29, 0.717) is 18.8 Å². The fourth-order valence-corrected chi connectivity index (χ4v) is 1.92. The molecule has 0 unspecified atom stereocenters. The van der Waals surface area contributed by atoms with Crippen LogP contribution in [0.2, 0.25) is 0 Å². The number of anilines is 1. The van der Waals surface area contributed by atoms with Crippen molar-refractivity contribution in [3.05, 3.63) is 48.0 Å². The van der Waals surface area contributed by atoms with Crippen molar-refractivity contribution in [1.29, 1.82) is 0 Å². The van der Waals surface area contributed by atoms with Gasteiger partial charge in [-0.2, -0.15) is 0 Å². The van der Waals surface area contributed by atoms with E-state index in [0.717, 1.165) is 30.0 Å². The van der Waals surface area contributed by atoms with Crippen molar-refractivity contribution in [3.63, 3.8) is 0 Å². The van der Waals surface area contributed by atoms with E-state index in [9.17, 15) is 4.79 Å². The zero-order valence-corrected chi connectivity index (χ0v) is 13.5. The highest BCUT2D eigenvalue weighted by atomic mass is 16.5. The van der Waals surface area contributed by atoms with E-state index in [4.69, 9.17) is 4.74 Å². The van der Waals surface area contributed by atoms with Crippen LogP contribution >= 0.6 is 0 Å². The number of amides is 2. The molecule has 6 nitrogen and oxygen atoms in total. The molecular weight excluding hydrogens is 292 g/mol. The molecule has 0 atom stereocenters. The second-order valence-electron chi connectivity index (χ2n) is 5.18. The van der Waals surface area contributed by atoms with Gasteiger partial charge in [-0.1, -0.05) is 13.3 Å². The first-order valence-corrected chi connectivity index (χ1v) is 7.72. The van der Waals surface area contributed by atoms with Gasteiger partial charge in [0, 0.05) is 11.4 Å². The number of aromatic nitrogens is 2. The monoisotopic (exact) mass is 314 g/mol. The van der Waals surface area contributed by atoms with E-state index in [1.165, 1.54) is 6.33 Å². The van der Waals surface area contributed by atoms with Crippen LogP contribution in [0.3, 0.4) is 0 Å². The molecule has 0 aliphatic carbocycles. The lowest BCUT2D eigenvalue weighted by atomic mass is 10.3. The number of ether oxygens (including phenoxy) is 1. The van der Waals surface area contributed by atoms with Gasteiger partial charge in [0.05, 0.1) is 18.8 Å². The number of carbonyl (C=O) groups excluding carboxylic acids is 1. The number of urea groups is 1. The molecule has 0 aliphatic heterocycles. The fraction of sp³-hybridized carbons (Fsp3) is 0.353. The van der Waals surface area contributed by atoms with Crippen LogP contribution in [-0.4, -0.2) is 22.6 Å². The topological polar surface area (TPSA) is 76.1 Å². The van der Waals surface area contributed by atoms with Gasteiger partial charge in [-0.25, -0.2) is 14.8 Å². The van der Waals surface area contributed by atoms with Crippen molar-refractivity contribution in [1.82, 2.24) is 15.3 Å². The number of benzene rings is 1. The summed E-state index contributed by atoms with van der Waals surface area (Å²) < 4.78 is 5.58. The molecule has 2 aromatic rings. The summed E-state index contributed by atoms with van der Waals surface area (Å²) in [5.74, 6) is 0.806. The smallest absolute Gasteiger partial charge is 0.319 e. The Morgan fingerprint density at radius 2 is 2.00 bits per heavy atom. The van der Waals surface area contributed by atoms with Crippen molar-refractivity contribution >= 4 is 11.7 Å². The molecule has 23 heavy (non-hydrogen) atoms. The molecule has 0 saturated carbocycles. The third-order valence-corrected chi connectivity index (χ3v) is 3.17. The number of rotatable bonds is 7. The van der Waals surface area contributed by atoms with Crippen LogP contribution in [0.15, 0.2) is 36.7 Å². The second kappa shape index (κ2) is 8.73. The Hall–Kier alpha value is -2.63. The van der Waals surface area contributed by atoms with Crippen molar-refractivity contribution in [2.24, 2.45) is 0 Å². The first-order valence-electron chi connectivity index (χ1n) is 7.72. The molecule has 1 heterocycles. The van der Waals surface area contributed by atoms with E-state index < -0.39 is 0 Å². The first kappa shape index (κ1) is 16.7. The van der Waals surface area contributed by atoms with Gasteiger partial charge >= 0.3 is 6.03 Å². The maximum absolute atomic E-state index is 11.9. The summed E-state index contributed by atoms with van der Waals surface area (Å²) in [5.41, 5.74) is 2.35. The molecule has 0 aliphatic rings. The summed E-state index contributed by atoms with van der Waals surface area (Å²) in [5, 5.41) is 5.53. The van der Waals surface area contributed by atoms with Gasteiger partial charge in [0.15, 0.2) is 0 Å². The zero-order chi connectivity index (χ0) is 16.5. The number of hydrogen-bond acceptors (Lipinski definition) is 4. The van der Waals surface area contributed by atoms with Crippen LogP contribution in [0.25, 0.3) is 0 Å². The lowest BCUT2D eigenvalue weighted by Crippen LogP contribution is -2.28. The molecular formula is C17H22N4O2. The second-order valence-corrected chi connectivity index (χ2v) is 5.18. The summed E-state index contributed by atoms with van der Waals surface area (Å²) in [6.45, 7) is 5.07. The van der Waals surface area contributed by atoms with Gasteiger partial charge in [-0.15, -0.1) is 0 Å². The average molecular weight is 314 g/mol. The van der Waals surface area contributed by atoms with Crippen molar-refractivity contribution in [2.75, 3.05) is 11.9 Å².